The maximum Gasteiger partial charge on any atom is 0.225 e. The Labute approximate surface area is 173 Å². The van der Waals surface area contributed by atoms with Crippen molar-refractivity contribution in [2.75, 3.05) is 26.2 Å². The van der Waals surface area contributed by atoms with Gasteiger partial charge < -0.3 is 10.1 Å². The fourth-order valence-corrected chi connectivity index (χ4v) is 4.37. The summed E-state index contributed by atoms with van der Waals surface area (Å²) in [7, 11) is 0. The lowest BCUT2D eigenvalue weighted by Crippen LogP contribution is -2.47. The zero-order chi connectivity index (χ0) is 19.4. The Kier molecular flexibility index (Phi) is 7.11. The average Bonchev–Trinajstić information content (AvgIpc) is 2.94. The van der Waals surface area contributed by atoms with Gasteiger partial charge >= 0.3 is 0 Å². The third-order valence-electron chi connectivity index (χ3n) is 4.46. The van der Waals surface area contributed by atoms with Gasteiger partial charge in [0.15, 0.2) is 0 Å². The first-order chi connectivity index (χ1) is 12.9. The molecule has 0 radical (unpaired) electrons. The van der Waals surface area contributed by atoms with E-state index in [1.54, 1.807) is 11.3 Å². The number of halogens is 2. The quantitative estimate of drug-likeness (QED) is 0.764. The van der Waals surface area contributed by atoms with Crippen molar-refractivity contribution in [2.24, 2.45) is 0 Å². The Bertz CT molecular complexity index is 812. The fraction of sp³-hybridized carbons (Fsp3) is 0.474. The molecule has 1 aliphatic rings. The van der Waals surface area contributed by atoms with E-state index in [-0.39, 0.29) is 12.0 Å². The number of carbonyl (C=O) groups is 1. The molecule has 27 heavy (non-hydrogen) atoms. The van der Waals surface area contributed by atoms with Crippen LogP contribution in [0.15, 0.2) is 18.2 Å². The summed E-state index contributed by atoms with van der Waals surface area (Å²) in [6, 6.07) is 5.70. The number of rotatable bonds is 6. The van der Waals surface area contributed by atoms with Crippen LogP contribution in [0.5, 0.6) is 0 Å². The molecule has 2 heterocycles. The number of hydrogen-bond donors (Lipinski definition) is 1. The number of aromatic nitrogens is 1. The van der Waals surface area contributed by atoms with Crippen LogP contribution < -0.4 is 5.32 Å². The molecule has 1 aliphatic heterocycles. The summed E-state index contributed by atoms with van der Waals surface area (Å²) >= 11 is 13.7. The number of nitrogens with one attached hydrogen (secondary N) is 1. The molecular formula is C19H23Cl2N3O2S. The second kappa shape index (κ2) is 9.34. The molecule has 5 nitrogen and oxygen atoms in total. The normalized spacial score (nSPS) is 17.9. The second-order valence-corrected chi connectivity index (χ2v) is 8.80. The van der Waals surface area contributed by atoms with Crippen LogP contribution in [-0.2, 0) is 22.5 Å². The third kappa shape index (κ3) is 5.90. The molecule has 2 aromatic rings. The Morgan fingerprint density at radius 1 is 1.37 bits per heavy atom. The summed E-state index contributed by atoms with van der Waals surface area (Å²) in [5.41, 5.74) is 2.06. The lowest BCUT2D eigenvalue weighted by atomic mass is 10.2. The molecule has 0 bridgehead atoms. The van der Waals surface area contributed by atoms with E-state index in [0.717, 1.165) is 40.8 Å². The highest BCUT2D eigenvalue weighted by molar-refractivity contribution is 7.11. The molecule has 0 aliphatic carbocycles. The number of benzene rings is 1. The summed E-state index contributed by atoms with van der Waals surface area (Å²) in [5.74, 6) is 0.00644. The molecule has 1 saturated heterocycles. The van der Waals surface area contributed by atoms with E-state index in [9.17, 15) is 4.79 Å². The van der Waals surface area contributed by atoms with Crippen LogP contribution in [0.1, 0.15) is 21.1 Å². The number of carbonyl (C=O) groups excluding carboxylic acids is 1. The van der Waals surface area contributed by atoms with Gasteiger partial charge in [-0.05, 0) is 31.5 Å². The molecule has 8 heteroatoms. The molecule has 3 rings (SSSR count). The largest absolute Gasteiger partial charge is 0.374 e. The molecule has 0 unspecified atom stereocenters. The highest BCUT2D eigenvalue weighted by Gasteiger charge is 2.21. The van der Waals surface area contributed by atoms with E-state index in [1.807, 2.05) is 32.0 Å². The Hall–Kier alpha value is -1.18. The first-order valence-electron chi connectivity index (χ1n) is 8.88. The van der Waals surface area contributed by atoms with Gasteiger partial charge in [0.05, 0.1) is 39.9 Å². The maximum absolute atomic E-state index is 12.2. The molecule has 1 amide bonds. The zero-order valence-electron chi connectivity index (χ0n) is 15.4. The fourth-order valence-electron chi connectivity index (χ4n) is 3.12. The number of nitrogens with zero attached hydrogens (tertiary/aromatic N) is 2. The van der Waals surface area contributed by atoms with E-state index >= 15 is 0 Å². The van der Waals surface area contributed by atoms with Crippen LogP contribution in [0.25, 0.3) is 0 Å². The van der Waals surface area contributed by atoms with Gasteiger partial charge in [-0.25, -0.2) is 4.98 Å². The van der Waals surface area contributed by atoms with E-state index < -0.39 is 0 Å². The van der Waals surface area contributed by atoms with Crippen LogP contribution in [0.4, 0.5) is 0 Å². The standard InChI is InChI=1S/C19H23Cl2N3O2S/c1-12-18(27-13(2)23-12)8-19(25)22-9-15-11-24(5-6-26-15)10-14-3-4-16(20)17(21)7-14/h3-4,7,15H,5-6,8-11H2,1-2H3,(H,22,25)/t15-/m0/s1. The predicted octanol–water partition coefficient (Wildman–Crippen LogP) is 3.63. The van der Waals surface area contributed by atoms with Crippen LogP contribution >= 0.6 is 34.5 Å². The van der Waals surface area contributed by atoms with Crippen molar-refractivity contribution in [1.82, 2.24) is 15.2 Å². The number of morpholine rings is 1. The van der Waals surface area contributed by atoms with E-state index in [2.05, 4.69) is 15.2 Å². The van der Waals surface area contributed by atoms with Gasteiger partial charge in [0.1, 0.15) is 0 Å². The van der Waals surface area contributed by atoms with Gasteiger partial charge in [-0.3, -0.25) is 9.69 Å². The van der Waals surface area contributed by atoms with Gasteiger partial charge in [0, 0.05) is 31.1 Å². The lowest BCUT2D eigenvalue weighted by Gasteiger charge is -2.33. The van der Waals surface area contributed by atoms with Crippen molar-refractivity contribution in [3.63, 3.8) is 0 Å². The Morgan fingerprint density at radius 3 is 2.89 bits per heavy atom. The van der Waals surface area contributed by atoms with Crippen molar-refractivity contribution < 1.29 is 9.53 Å². The predicted molar refractivity (Wildman–Crippen MR) is 110 cm³/mol. The minimum Gasteiger partial charge on any atom is -0.374 e. The van der Waals surface area contributed by atoms with Crippen LogP contribution in [-0.4, -0.2) is 48.1 Å². The van der Waals surface area contributed by atoms with Crippen LogP contribution in [0, 0.1) is 13.8 Å². The topological polar surface area (TPSA) is 54.5 Å². The highest BCUT2D eigenvalue weighted by Crippen LogP contribution is 2.23. The molecule has 1 fully saturated rings. The van der Waals surface area contributed by atoms with E-state index in [1.165, 1.54) is 0 Å². The first kappa shape index (κ1) is 20.6. The SMILES string of the molecule is Cc1nc(C)c(CC(=O)NC[C@H]2CN(Cc3ccc(Cl)c(Cl)c3)CCO2)s1. The first-order valence-corrected chi connectivity index (χ1v) is 10.5. The summed E-state index contributed by atoms with van der Waals surface area (Å²) < 4.78 is 5.80. The van der Waals surface area contributed by atoms with Crippen LogP contribution in [0.3, 0.4) is 0 Å². The van der Waals surface area contributed by atoms with Gasteiger partial charge in [0.2, 0.25) is 5.91 Å². The number of amides is 1. The molecule has 1 atom stereocenters. The number of thiazole rings is 1. The number of hydrogen-bond acceptors (Lipinski definition) is 5. The summed E-state index contributed by atoms with van der Waals surface area (Å²) in [6.07, 6.45) is 0.353. The van der Waals surface area contributed by atoms with Crippen molar-refractivity contribution in [3.05, 3.63) is 49.4 Å². The number of ether oxygens (including phenoxy) is 1. The molecule has 1 N–H and O–H groups in total. The monoisotopic (exact) mass is 427 g/mol. The van der Waals surface area contributed by atoms with Gasteiger partial charge in [-0.2, -0.15) is 0 Å². The molecule has 146 valence electrons. The maximum atomic E-state index is 12.2. The Balaban J connectivity index is 1.47. The smallest absolute Gasteiger partial charge is 0.225 e. The molecule has 0 spiro atoms. The van der Waals surface area contributed by atoms with Gasteiger partial charge in [-0.1, -0.05) is 29.3 Å². The van der Waals surface area contributed by atoms with Crippen molar-refractivity contribution in [3.8, 4) is 0 Å². The number of aryl methyl sites for hydroxylation is 2. The Morgan fingerprint density at radius 2 is 2.19 bits per heavy atom. The molecule has 0 saturated carbocycles. The average molecular weight is 428 g/mol. The summed E-state index contributed by atoms with van der Waals surface area (Å²) in [6.45, 7) is 7.45. The minimum atomic E-state index is -0.0187. The zero-order valence-corrected chi connectivity index (χ0v) is 17.8. The van der Waals surface area contributed by atoms with Gasteiger partial charge in [0.25, 0.3) is 0 Å². The molecule has 1 aromatic heterocycles. The van der Waals surface area contributed by atoms with Crippen LogP contribution in [0.2, 0.25) is 10.0 Å². The van der Waals surface area contributed by atoms with Crippen molar-refractivity contribution in [1.29, 1.82) is 0 Å². The summed E-state index contributed by atoms with van der Waals surface area (Å²) in [4.78, 5) is 19.9. The van der Waals surface area contributed by atoms with Crippen molar-refractivity contribution in [2.45, 2.75) is 32.9 Å². The minimum absolute atomic E-state index is 0.00644. The lowest BCUT2D eigenvalue weighted by molar-refractivity contribution is -0.121. The van der Waals surface area contributed by atoms with E-state index in [4.69, 9.17) is 27.9 Å². The van der Waals surface area contributed by atoms with E-state index in [0.29, 0.717) is 29.6 Å². The highest BCUT2D eigenvalue weighted by atomic mass is 35.5. The van der Waals surface area contributed by atoms with Crippen molar-refractivity contribution >= 4 is 40.4 Å². The second-order valence-electron chi connectivity index (χ2n) is 6.70. The molecular weight excluding hydrogens is 405 g/mol. The van der Waals surface area contributed by atoms with Gasteiger partial charge in [-0.15, -0.1) is 11.3 Å². The molecule has 1 aromatic carbocycles. The third-order valence-corrected chi connectivity index (χ3v) is 6.27. The summed E-state index contributed by atoms with van der Waals surface area (Å²) in [5, 5.41) is 5.11.